The van der Waals surface area contributed by atoms with Gasteiger partial charge in [0.1, 0.15) is 5.82 Å². The van der Waals surface area contributed by atoms with Gasteiger partial charge in [-0.15, -0.1) is 0 Å². The Kier molecular flexibility index (Phi) is 4.85. The zero-order chi connectivity index (χ0) is 17.8. The molecule has 1 fully saturated rings. The van der Waals surface area contributed by atoms with Gasteiger partial charge in [0.05, 0.1) is 11.6 Å². The molecule has 0 spiro atoms. The highest BCUT2D eigenvalue weighted by atomic mass is 16.2. The van der Waals surface area contributed by atoms with Crippen LogP contribution in [0.5, 0.6) is 0 Å². The highest BCUT2D eigenvalue weighted by molar-refractivity contribution is 5.89. The Morgan fingerprint density at radius 1 is 1.12 bits per heavy atom. The van der Waals surface area contributed by atoms with Crippen molar-refractivity contribution in [1.29, 1.82) is 5.26 Å². The Bertz CT molecular complexity index is 799. The number of amides is 2. The summed E-state index contributed by atoms with van der Waals surface area (Å²) in [7, 11) is 0. The maximum Gasteiger partial charge on any atom is 0.321 e. The summed E-state index contributed by atoms with van der Waals surface area (Å²) >= 11 is 0. The van der Waals surface area contributed by atoms with Crippen LogP contribution in [-0.2, 0) is 0 Å². The molecule has 0 unspecified atom stereocenters. The summed E-state index contributed by atoms with van der Waals surface area (Å²) in [6.07, 6.45) is 1.65. The molecule has 1 aromatic carbocycles. The van der Waals surface area contributed by atoms with E-state index in [9.17, 15) is 4.79 Å². The minimum atomic E-state index is -0.0802. The first-order valence-corrected chi connectivity index (χ1v) is 8.30. The molecule has 6 nitrogen and oxygen atoms in total. The van der Waals surface area contributed by atoms with Gasteiger partial charge in [0.2, 0.25) is 0 Å². The molecule has 25 heavy (non-hydrogen) atoms. The molecule has 1 N–H and O–H groups in total. The zero-order valence-corrected chi connectivity index (χ0v) is 14.5. The minimum Gasteiger partial charge on any atom is -0.353 e. The van der Waals surface area contributed by atoms with E-state index < -0.39 is 0 Å². The second kappa shape index (κ2) is 7.22. The molecule has 1 saturated heterocycles. The molecule has 0 saturated carbocycles. The van der Waals surface area contributed by atoms with Gasteiger partial charge in [-0.3, -0.25) is 0 Å². The van der Waals surface area contributed by atoms with Crippen molar-refractivity contribution in [3.8, 4) is 6.07 Å². The summed E-state index contributed by atoms with van der Waals surface area (Å²) in [6.45, 7) is 6.67. The molecule has 0 bridgehead atoms. The Morgan fingerprint density at radius 3 is 2.44 bits per heavy atom. The third kappa shape index (κ3) is 4.07. The normalized spacial score (nSPS) is 14.1. The summed E-state index contributed by atoms with van der Waals surface area (Å²) in [5.41, 5.74) is 3.68. The molecule has 1 aliphatic heterocycles. The van der Waals surface area contributed by atoms with E-state index in [0.717, 1.165) is 22.6 Å². The molecule has 0 aliphatic carbocycles. The maximum atomic E-state index is 12.5. The van der Waals surface area contributed by atoms with Gasteiger partial charge in [-0.25, -0.2) is 9.78 Å². The number of anilines is 2. The van der Waals surface area contributed by atoms with Crippen LogP contribution in [0, 0.1) is 25.2 Å². The molecule has 2 amide bonds. The number of nitrogens with zero attached hydrogens (tertiary/aromatic N) is 4. The number of aromatic nitrogens is 1. The second-order valence-electron chi connectivity index (χ2n) is 6.30. The number of carbonyl (C=O) groups is 1. The Balaban J connectivity index is 1.60. The lowest BCUT2D eigenvalue weighted by atomic mass is 10.1. The van der Waals surface area contributed by atoms with Crippen molar-refractivity contribution < 1.29 is 4.79 Å². The van der Waals surface area contributed by atoms with E-state index in [-0.39, 0.29) is 6.03 Å². The van der Waals surface area contributed by atoms with Crippen molar-refractivity contribution in [3.05, 3.63) is 53.2 Å². The average molecular weight is 335 g/mol. The smallest absolute Gasteiger partial charge is 0.321 e. The van der Waals surface area contributed by atoms with Crippen LogP contribution in [0.1, 0.15) is 16.7 Å². The highest BCUT2D eigenvalue weighted by Gasteiger charge is 2.22. The van der Waals surface area contributed by atoms with E-state index in [1.54, 1.807) is 18.3 Å². The number of hydrogen-bond donors (Lipinski definition) is 1. The van der Waals surface area contributed by atoms with Gasteiger partial charge in [0.25, 0.3) is 0 Å². The number of hydrogen-bond acceptors (Lipinski definition) is 4. The van der Waals surface area contributed by atoms with E-state index in [0.29, 0.717) is 31.7 Å². The van der Waals surface area contributed by atoms with Crippen molar-refractivity contribution in [3.63, 3.8) is 0 Å². The van der Waals surface area contributed by atoms with Crippen molar-refractivity contribution in [2.45, 2.75) is 13.8 Å². The number of nitriles is 1. The van der Waals surface area contributed by atoms with E-state index in [4.69, 9.17) is 5.26 Å². The third-order valence-electron chi connectivity index (χ3n) is 4.24. The van der Waals surface area contributed by atoms with Crippen LogP contribution >= 0.6 is 0 Å². The van der Waals surface area contributed by atoms with Crippen molar-refractivity contribution in [1.82, 2.24) is 9.88 Å². The van der Waals surface area contributed by atoms with Gasteiger partial charge in [0, 0.05) is 38.1 Å². The monoisotopic (exact) mass is 335 g/mol. The molecule has 0 atom stereocenters. The summed E-state index contributed by atoms with van der Waals surface area (Å²) in [5, 5.41) is 12.0. The predicted octanol–water partition coefficient (Wildman–Crippen LogP) is 2.92. The summed E-state index contributed by atoms with van der Waals surface area (Å²) in [4.78, 5) is 20.7. The minimum absolute atomic E-state index is 0.0802. The first kappa shape index (κ1) is 16.8. The molecule has 128 valence electrons. The number of aryl methyl sites for hydroxylation is 2. The lowest BCUT2D eigenvalue weighted by Gasteiger charge is -2.35. The van der Waals surface area contributed by atoms with Crippen molar-refractivity contribution in [2.75, 3.05) is 36.4 Å². The SMILES string of the molecule is Cc1cc(C)cc(NC(=O)N2CCN(c3cc(C#N)ccn3)CC2)c1. The van der Waals surface area contributed by atoms with Gasteiger partial charge in [-0.2, -0.15) is 5.26 Å². The van der Waals surface area contributed by atoms with Gasteiger partial charge in [-0.05, 0) is 49.2 Å². The molecule has 0 radical (unpaired) electrons. The number of rotatable bonds is 2. The van der Waals surface area contributed by atoms with Crippen molar-refractivity contribution in [2.24, 2.45) is 0 Å². The van der Waals surface area contributed by atoms with Crippen LogP contribution in [-0.4, -0.2) is 42.1 Å². The van der Waals surface area contributed by atoms with Crippen LogP contribution in [0.2, 0.25) is 0 Å². The van der Waals surface area contributed by atoms with E-state index in [1.807, 2.05) is 30.9 Å². The fourth-order valence-corrected chi connectivity index (χ4v) is 3.05. The number of piperazine rings is 1. The second-order valence-corrected chi connectivity index (χ2v) is 6.30. The lowest BCUT2D eigenvalue weighted by Crippen LogP contribution is -2.50. The molecule has 1 aliphatic rings. The lowest BCUT2D eigenvalue weighted by molar-refractivity contribution is 0.208. The average Bonchev–Trinajstić information content (AvgIpc) is 2.61. The first-order chi connectivity index (χ1) is 12.0. The molecule has 6 heteroatoms. The molecule has 2 heterocycles. The number of benzene rings is 1. The maximum absolute atomic E-state index is 12.5. The first-order valence-electron chi connectivity index (χ1n) is 8.30. The van der Waals surface area contributed by atoms with Crippen LogP contribution in [0.4, 0.5) is 16.3 Å². The predicted molar refractivity (Wildman–Crippen MR) is 97.7 cm³/mol. The fourth-order valence-electron chi connectivity index (χ4n) is 3.05. The number of carbonyl (C=O) groups excluding carboxylic acids is 1. The van der Waals surface area contributed by atoms with Gasteiger partial charge < -0.3 is 15.1 Å². The standard InChI is InChI=1S/C19H21N5O/c1-14-9-15(2)11-17(10-14)22-19(25)24-7-5-23(6-8-24)18-12-16(13-20)3-4-21-18/h3-4,9-12H,5-8H2,1-2H3,(H,22,25). The van der Waals surface area contributed by atoms with E-state index in [1.165, 1.54) is 0 Å². The third-order valence-corrected chi connectivity index (χ3v) is 4.24. The van der Waals surface area contributed by atoms with Gasteiger partial charge in [0.15, 0.2) is 0 Å². The summed E-state index contributed by atoms with van der Waals surface area (Å²) < 4.78 is 0. The summed E-state index contributed by atoms with van der Waals surface area (Å²) in [5.74, 6) is 0.786. The molecule has 1 aromatic heterocycles. The van der Waals surface area contributed by atoms with Crippen LogP contribution in [0.15, 0.2) is 36.5 Å². The fraction of sp³-hybridized carbons (Fsp3) is 0.316. The largest absolute Gasteiger partial charge is 0.353 e. The van der Waals surface area contributed by atoms with Crippen LogP contribution < -0.4 is 10.2 Å². The van der Waals surface area contributed by atoms with Gasteiger partial charge in [-0.1, -0.05) is 6.07 Å². The number of nitrogens with one attached hydrogen (secondary N) is 1. The Morgan fingerprint density at radius 2 is 1.80 bits per heavy atom. The topological polar surface area (TPSA) is 72.3 Å². The number of urea groups is 1. The van der Waals surface area contributed by atoms with Crippen LogP contribution in [0.3, 0.4) is 0 Å². The highest BCUT2D eigenvalue weighted by Crippen LogP contribution is 2.17. The quantitative estimate of drug-likeness (QED) is 0.916. The van der Waals surface area contributed by atoms with E-state index in [2.05, 4.69) is 27.3 Å². The summed E-state index contributed by atoms with van der Waals surface area (Å²) in [6, 6.07) is 11.5. The molecule has 3 rings (SSSR count). The Labute approximate surface area is 147 Å². The van der Waals surface area contributed by atoms with Crippen molar-refractivity contribution >= 4 is 17.5 Å². The number of pyridine rings is 1. The Hall–Kier alpha value is -3.07. The molecule has 2 aromatic rings. The van der Waals surface area contributed by atoms with E-state index >= 15 is 0 Å². The van der Waals surface area contributed by atoms with Gasteiger partial charge >= 0.3 is 6.03 Å². The van der Waals surface area contributed by atoms with Crippen LogP contribution in [0.25, 0.3) is 0 Å². The zero-order valence-electron chi connectivity index (χ0n) is 14.5. The molecular weight excluding hydrogens is 314 g/mol. The molecular formula is C19H21N5O.